The molecule has 4 nitrogen and oxygen atoms in total. The summed E-state index contributed by atoms with van der Waals surface area (Å²) >= 11 is 0. The van der Waals surface area contributed by atoms with Crippen LogP contribution in [0.15, 0.2) is 0 Å². The second-order valence-electron chi connectivity index (χ2n) is 5.10. The molecule has 1 rings (SSSR count). The average Bonchev–Trinajstić information content (AvgIpc) is 2.76. The molecule has 1 saturated heterocycles. The van der Waals surface area contributed by atoms with Crippen molar-refractivity contribution in [2.45, 2.75) is 64.0 Å². The molecule has 100 valence electrons. The van der Waals surface area contributed by atoms with Crippen molar-refractivity contribution in [1.29, 1.82) is 0 Å². The van der Waals surface area contributed by atoms with E-state index in [-0.39, 0.29) is 24.1 Å². The zero-order chi connectivity index (χ0) is 12.7. The van der Waals surface area contributed by atoms with Crippen LogP contribution in [0.4, 0.5) is 0 Å². The molecular weight excluding hydrogens is 216 g/mol. The van der Waals surface area contributed by atoms with Crippen LogP contribution in [-0.2, 0) is 4.79 Å². The van der Waals surface area contributed by atoms with Gasteiger partial charge in [0.15, 0.2) is 0 Å². The lowest BCUT2D eigenvalue weighted by atomic mass is 9.90. The van der Waals surface area contributed by atoms with E-state index in [9.17, 15) is 4.79 Å². The zero-order valence-electron chi connectivity index (χ0n) is 11.1. The van der Waals surface area contributed by atoms with E-state index in [0.29, 0.717) is 0 Å². The monoisotopic (exact) mass is 242 g/mol. The molecule has 0 aromatic rings. The molecule has 0 radical (unpaired) electrons. The number of carbonyl (C=O) groups is 1. The minimum Gasteiger partial charge on any atom is -0.396 e. The molecule has 0 aliphatic carbocycles. The molecule has 1 aliphatic rings. The summed E-state index contributed by atoms with van der Waals surface area (Å²) in [4.78, 5) is 12.3. The quantitative estimate of drug-likeness (QED) is 0.628. The first-order valence-corrected chi connectivity index (χ1v) is 6.81. The summed E-state index contributed by atoms with van der Waals surface area (Å²) in [6.45, 7) is 5.25. The second-order valence-corrected chi connectivity index (χ2v) is 5.10. The van der Waals surface area contributed by atoms with Crippen molar-refractivity contribution >= 4 is 5.91 Å². The van der Waals surface area contributed by atoms with Crippen molar-refractivity contribution in [1.82, 2.24) is 10.6 Å². The number of amides is 1. The molecule has 1 heterocycles. The van der Waals surface area contributed by atoms with E-state index in [4.69, 9.17) is 5.11 Å². The molecule has 0 aromatic carbocycles. The van der Waals surface area contributed by atoms with Crippen molar-refractivity contribution < 1.29 is 9.90 Å². The van der Waals surface area contributed by atoms with Crippen LogP contribution in [0.5, 0.6) is 0 Å². The van der Waals surface area contributed by atoms with Crippen LogP contribution in [-0.4, -0.2) is 35.7 Å². The Morgan fingerprint density at radius 3 is 2.88 bits per heavy atom. The first-order valence-electron chi connectivity index (χ1n) is 6.81. The van der Waals surface area contributed by atoms with Crippen molar-refractivity contribution in [3.8, 4) is 0 Å². The van der Waals surface area contributed by atoms with Gasteiger partial charge < -0.3 is 15.7 Å². The topological polar surface area (TPSA) is 61.4 Å². The highest BCUT2D eigenvalue weighted by Gasteiger charge is 2.40. The van der Waals surface area contributed by atoms with Crippen molar-refractivity contribution in [2.75, 3.05) is 13.2 Å². The number of hydrogen-bond donors (Lipinski definition) is 3. The molecule has 2 atom stereocenters. The summed E-state index contributed by atoms with van der Waals surface area (Å²) in [5.74, 6) is 0.141. The maximum atomic E-state index is 12.3. The first kappa shape index (κ1) is 14.5. The second kappa shape index (κ2) is 6.97. The maximum Gasteiger partial charge on any atom is 0.240 e. The number of carbonyl (C=O) groups excluding carboxylic acids is 1. The van der Waals surface area contributed by atoms with E-state index in [1.165, 1.54) is 0 Å². The van der Waals surface area contributed by atoms with Crippen LogP contribution in [0.1, 0.15) is 52.4 Å². The Morgan fingerprint density at radius 2 is 2.35 bits per heavy atom. The van der Waals surface area contributed by atoms with Gasteiger partial charge in [0.25, 0.3) is 0 Å². The van der Waals surface area contributed by atoms with Crippen LogP contribution in [0.3, 0.4) is 0 Å². The highest BCUT2D eigenvalue weighted by atomic mass is 16.3. The summed E-state index contributed by atoms with van der Waals surface area (Å²) in [6.07, 6.45) is 5.54. The number of aliphatic hydroxyl groups excluding tert-OH is 1. The Balaban J connectivity index is 2.48. The molecule has 0 saturated carbocycles. The van der Waals surface area contributed by atoms with Gasteiger partial charge in [-0.1, -0.05) is 13.3 Å². The Hall–Kier alpha value is -0.610. The standard InChI is InChI=1S/C13H26N2O2/c1-3-7-13(8-5-9-14-13)12(17)15-11(2)6-4-10-16/h11,14,16H,3-10H2,1-2H3,(H,15,17). The summed E-state index contributed by atoms with van der Waals surface area (Å²) < 4.78 is 0. The molecule has 3 N–H and O–H groups in total. The molecule has 0 bridgehead atoms. The Labute approximate surface area is 104 Å². The smallest absolute Gasteiger partial charge is 0.240 e. The normalized spacial score (nSPS) is 25.8. The van der Waals surface area contributed by atoms with E-state index in [1.54, 1.807) is 0 Å². The predicted octanol–water partition coefficient (Wildman–Crippen LogP) is 1.19. The minimum absolute atomic E-state index is 0.141. The fourth-order valence-electron chi connectivity index (χ4n) is 2.59. The van der Waals surface area contributed by atoms with Crippen LogP contribution in [0, 0.1) is 0 Å². The summed E-state index contributed by atoms with van der Waals surface area (Å²) in [5, 5.41) is 15.2. The molecule has 0 aromatic heterocycles. The van der Waals surface area contributed by atoms with Gasteiger partial charge in [-0.3, -0.25) is 4.79 Å². The SMILES string of the molecule is CCCC1(C(=O)NC(C)CCCO)CCCN1. The average molecular weight is 242 g/mol. The zero-order valence-corrected chi connectivity index (χ0v) is 11.1. The van der Waals surface area contributed by atoms with Crippen LogP contribution in [0.25, 0.3) is 0 Å². The number of hydrogen-bond acceptors (Lipinski definition) is 3. The summed E-state index contributed by atoms with van der Waals surface area (Å²) in [5.41, 5.74) is -0.331. The van der Waals surface area contributed by atoms with E-state index in [2.05, 4.69) is 17.6 Å². The maximum absolute atomic E-state index is 12.3. The molecule has 1 fully saturated rings. The van der Waals surface area contributed by atoms with E-state index < -0.39 is 0 Å². The number of aliphatic hydroxyl groups is 1. The highest BCUT2D eigenvalue weighted by molar-refractivity contribution is 5.86. The fraction of sp³-hybridized carbons (Fsp3) is 0.923. The van der Waals surface area contributed by atoms with Gasteiger partial charge in [0, 0.05) is 12.6 Å². The minimum atomic E-state index is -0.331. The lowest BCUT2D eigenvalue weighted by Gasteiger charge is -2.29. The van der Waals surface area contributed by atoms with Gasteiger partial charge >= 0.3 is 0 Å². The Morgan fingerprint density at radius 1 is 1.59 bits per heavy atom. The van der Waals surface area contributed by atoms with Crippen molar-refractivity contribution in [3.05, 3.63) is 0 Å². The largest absolute Gasteiger partial charge is 0.396 e. The van der Waals surface area contributed by atoms with Gasteiger partial charge in [0.1, 0.15) is 0 Å². The summed E-state index contributed by atoms with van der Waals surface area (Å²) in [6, 6.07) is 0.144. The van der Waals surface area contributed by atoms with E-state index in [0.717, 1.165) is 45.1 Å². The lowest BCUT2D eigenvalue weighted by Crippen LogP contribution is -2.55. The first-order chi connectivity index (χ1) is 8.14. The van der Waals surface area contributed by atoms with E-state index >= 15 is 0 Å². The third kappa shape index (κ3) is 3.96. The summed E-state index contributed by atoms with van der Waals surface area (Å²) in [7, 11) is 0. The van der Waals surface area contributed by atoms with E-state index in [1.807, 2.05) is 6.92 Å². The van der Waals surface area contributed by atoms with Crippen LogP contribution in [0.2, 0.25) is 0 Å². The van der Waals surface area contributed by atoms with Gasteiger partial charge in [-0.15, -0.1) is 0 Å². The van der Waals surface area contributed by atoms with Crippen molar-refractivity contribution in [3.63, 3.8) is 0 Å². The van der Waals surface area contributed by atoms with Gasteiger partial charge in [-0.05, 0) is 45.6 Å². The molecule has 17 heavy (non-hydrogen) atoms. The van der Waals surface area contributed by atoms with Crippen LogP contribution >= 0.6 is 0 Å². The molecular formula is C13H26N2O2. The third-order valence-corrected chi connectivity index (χ3v) is 3.53. The van der Waals surface area contributed by atoms with Gasteiger partial charge in [0.2, 0.25) is 5.91 Å². The molecule has 4 heteroatoms. The van der Waals surface area contributed by atoms with Crippen LogP contribution < -0.4 is 10.6 Å². The van der Waals surface area contributed by atoms with Gasteiger partial charge in [0.05, 0.1) is 5.54 Å². The third-order valence-electron chi connectivity index (χ3n) is 3.53. The molecule has 1 aliphatic heterocycles. The fourth-order valence-corrected chi connectivity index (χ4v) is 2.59. The van der Waals surface area contributed by atoms with Crippen molar-refractivity contribution in [2.24, 2.45) is 0 Å². The van der Waals surface area contributed by atoms with Gasteiger partial charge in [-0.2, -0.15) is 0 Å². The molecule has 1 amide bonds. The number of rotatable bonds is 7. The number of nitrogens with one attached hydrogen (secondary N) is 2. The molecule has 0 spiro atoms. The highest BCUT2D eigenvalue weighted by Crippen LogP contribution is 2.25. The lowest BCUT2D eigenvalue weighted by molar-refractivity contribution is -0.128. The van der Waals surface area contributed by atoms with Gasteiger partial charge in [-0.25, -0.2) is 0 Å². The molecule has 2 unspecified atom stereocenters. The Bertz CT molecular complexity index is 238. The predicted molar refractivity (Wildman–Crippen MR) is 68.8 cm³/mol. The Kier molecular flexibility index (Phi) is 5.92.